The highest BCUT2D eigenvalue weighted by Crippen LogP contribution is 2.10. The van der Waals surface area contributed by atoms with Crippen LogP contribution >= 0.6 is 0 Å². The molecule has 13 heavy (non-hydrogen) atoms. The quantitative estimate of drug-likeness (QED) is 0.668. The van der Waals surface area contributed by atoms with E-state index >= 15 is 0 Å². The molecule has 0 aromatic heterocycles. The van der Waals surface area contributed by atoms with Gasteiger partial charge in [-0.1, -0.05) is 49.6 Å². The van der Waals surface area contributed by atoms with Gasteiger partial charge in [-0.05, 0) is 11.1 Å². The second kappa shape index (κ2) is 7.73. The van der Waals surface area contributed by atoms with Crippen LogP contribution in [0.15, 0.2) is 37.4 Å². The molecule has 0 heterocycles. The van der Waals surface area contributed by atoms with Gasteiger partial charge >= 0.3 is 0 Å². The van der Waals surface area contributed by atoms with Gasteiger partial charge in [-0.2, -0.15) is 0 Å². The van der Waals surface area contributed by atoms with Crippen LogP contribution in [0.5, 0.6) is 0 Å². The van der Waals surface area contributed by atoms with E-state index in [2.05, 4.69) is 38.2 Å². The Morgan fingerprint density at radius 2 is 1.31 bits per heavy atom. The Bertz CT molecular complexity index is 244. The third-order valence-corrected chi connectivity index (χ3v) is 1.44. The largest absolute Gasteiger partial charge is 0.458 e. The summed E-state index contributed by atoms with van der Waals surface area (Å²) in [4.78, 5) is 0. The molecule has 0 amide bonds. The van der Waals surface area contributed by atoms with Gasteiger partial charge in [0.2, 0.25) is 21.0 Å². The molecule has 0 fully saturated rings. The number of rotatable bonds is 2. The third-order valence-electron chi connectivity index (χ3n) is 1.44. The molecule has 0 aliphatic rings. The molecule has 1 aromatic rings. The zero-order valence-corrected chi connectivity index (χ0v) is 9.29. The Morgan fingerprint density at radius 3 is 1.54 bits per heavy atom. The molecule has 0 spiro atoms. The first-order valence-electron chi connectivity index (χ1n) is 3.63. The van der Waals surface area contributed by atoms with Gasteiger partial charge in [-0.15, -0.1) is 0 Å². The average Bonchev–Trinajstić information content (AvgIpc) is 2.19. The molecule has 1 nitrogen and oxygen atoms in total. The maximum absolute atomic E-state index is 3.86. The van der Waals surface area contributed by atoms with Gasteiger partial charge in [0.1, 0.15) is 0 Å². The SMILES string of the molecule is C=Cc1ccccc1C=C.[Si]O[Si]. The second-order valence-corrected chi connectivity index (χ2v) is 2.96. The van der Waals surface area contributed by atoms with E-state index in [-0.39, 0.29) is 0 Å². The summed E-state index contributed by atoms with van der Waals surface area (Å²) >= 11 is 0. The van der Waals surface area contributed by atoms with E-state index in [0.29, 0.717) is 0 Å². The Morgan fingerprint density at radius 1 is 1.00 bits per heavy atom. The predicted octanol–water partition coefficient (Wildman–Crippen LogP) is 2.14. The van der Waals surface area contributed by atoms with Crippen molar-refractivity contribution in [1.29, 1.82) is 0 Å². The van der Waals surface area contributed by atoms with Crippen LogP contribution in [0, 0.1) is 0 Å². The van der Waals surface area contributed by atoms with Crippen molar-refractivity contribution in [3.63, 3.8) is 0 Å². The molecule has 0 aliphatic heterocycles. The van der Waals surface area contributed by atoms with Crippen molar-refractivity contribution in [2.24, 2.45) is 0 Å². The van der Waals surface area contributed by atoms with E-state index in [1.807, 2.05) is 36.4 Å². The highest BCUT2D eigenvalue weighted by Gasteiger charge is 1.89. The summed E-state index contributed by atoms with van der Waals surface area (Å²) in [5.74, 6) is 0. The van der Waals surface area contributed by atoms with Gasteiger partial charge in [0, 0.05) is 0 Å². The second-order valence-electron chi connectivity index (χ2n) is 2.14. The lowest BCUT2D eigenvalue weighted by molar-refractivity contribution is 0.690. The summed E-state index contributed by atoms with van der Waals surface area (Å²) in [6.07, 6.45) is 3.66. The van der Waals surface area contributed by atoms with Gasteiger partial charge in [0.25, 0.3) is 0 Å². The first kappa shape index (κ1) is 12.1. The molecule has 0 atom stereocenters. The van der Waals surface area contributed by atoms with Crippen LogP contribution in [0.2, 0.25) is 0 Å². The number of hydrogen-bond donors (Lipinski definition) is 0. The topological polar surface area (TPSA) is 9.23 Å². The van der Waals surface area contributed by atoms with Crippen molar-refractivity contribution < 1.29 is 4.12 Å². The fourth-order valence-electron chi connectivity index (χ4n) is 0.883. The van der Waals surface area contributed by atoms with Crippen LogP contribution in [0.3, 0.4) is 0 Å². The van der Waals surface area contributed by atoms with Gasteiger partial charge in [-0.25, -0.2) is 0 Å². The van der Waals surface area contributed by atoms with E-state index in [4.69, 9.17) is 0 Å². The Labute approximate surface area is 86.2 Å². The molecule has 0 aliphatic carbocycles. The van der Waals surface area contributed by atoms with Gasteiger partial charge in [-0.3, -0.25) is 0 Å². The van der Waals surface area contributed by atoms with E-state index < -0.39 is 0 Å². The molecule has 3 heteroatoms. The third kappa shape index (κ3) is 4.62. The molecular weight excluding hydrogens is 192 g/mol. The fraction of sp³-hybridized carbons (Fsp3) is 0. The van der Waals surface area contributed by atoms with Crippen LogP contribution < -0.4 is 0 Å². The van der Waals surface area contributed by atoms with Crippen LogP contribution in [-0.2, 0) is 4.12 Å². The smallest absolute Gasteiger partial charge is 0.229 e. The maximum atomic E-state index is 3.86. The van der Waals surface area contributed by atoms with Gasteiger partial charge in [0.15, 0.2) is 0 Å². The normalized spacial score (nSPS) is 8.15. The monoisotopic (exact) mass is 202 g/mol. The number of hydrogen-bond acceptors (Lipinski definition) is 1. The van der Waals surface area contributed by atoms with Crippen LogP contribution in [-0.4, -0.2) is 21.0 Å². The van der Waals surface area contributed by atoms with Crippen molar-refractivity contribution in [2.45, 2.75) is 0 Å². The Balaban J connectivity index is 0.000000424. The van der Waals surface area contributed by atoms with Gasteiger partial charge < -0.3 is 4.12 Å². The number of benzene rings is 1. The molecule has 1 rings (SSSR count). The van der Waals surface area contributed by atoms with Crippen LogP contribution in [0.1, 0.15) is 11.1 Å². The first-order valence-corrected chi connectivity index (χ1v) is 4.45. The fourth-order valence-corrected chi connectivity index (χ4v) is 0.883. The summed E-state index contributed by atoms with van der Waals surface area (Å²) in [5, 5.41) is 0. The zero-order valence-electron chi connectivity index (χ0n) is 7.29. The zero-order chi connectivity index (χ0) is 10.1. The molecule has 0 saturated carbocycles. The predicted molar refractivity (Wildman–Crippen MR) is 59.2 cm³/mol. The minimum absolute atomic E-state index is 1.14. The molecule has 1 aromatic carbocycles. The van der Waals surface area contributed by atoms with E-state index in [1.165, 1.54) is 0 Å². The Hall–Kier alpha value is -0.906. The van der Waals surface area contributed by atoms with E-state index in [1.54, 1.807) is 0 Å². The summed E-state index contributed by atoms with van der Waals surface area (Å²) in [6, 6.07) is 8.02. The van der Waals surface area contributed by atoms with Crippen molar-refractivity contribution in [3.8, 4) is 0 Å². The average molecular weight is 202 g/mol. The molecule has 0 bridgehead atoms. The van der Waals surface area contributed by atoms with Crippen molar-refractivity contribution in [1.82, 2.24) is 0 Å². The maximum Gasteiger partial charge on any atom is 0.229 e. The molecule has 0 unspecified atom stereocenters. The molecule has 6 radical (unpaired) electrons. The summed E-state index contributed by atoms with van der Waals surface area (Å²) in [7, 11) is 5.19. The molecule has 64 valence electrons. The summed E-state index contributed by atoms with van der Waals surface area (Å²) < 4.78 is 3.86. The van der Waals surface area contributed by atoms with Crippen molar-refractivity contribution in [2.75, 3.05) is 0 Å². The minimum atomic E-state index is 1.14. The van der Waals surface area contributed by atoms with E-state index in [9.17, 15) is 0 Å². The van der Waals surface area contributed by atoms with Crippen LogP contribution in [0.25, 0.3) is 12.2 Å². The van der Waals surface area contributed by atoms with E-state index in [0.717, 1.165) is 11.1 Å². The standard InChI is InChI=1S/C10H10.OSi2/c1-3-9-7-5-6-8-10(9)4-2;2-1-3/h3-8H,1-2H2;. The first-order chi connectivity index (χ1) is 6.29. The molecule has 0 saturated heterocycles. The molecular formula is C10H10OSi2. The van der Waals surface area contributed by atoms with Crippen LogP contribution in [0.4, 0.5) is 0 Å². The molecule has 0 N–H and O–H groups in total. The van der Waals surface area contributed by atoms with Gasteiger partial charge in [0.05, 0.1) is 0 Å². The summed E-state index contributed by atoms with van der Waals surface area (Å²) in [6.45, 7) is 7.38. The van der Waals surface area contributed by atoms with Crippen molar-refractivity contribution in [3.05, 3.63) is 48.6 Å². The summed E-state index contributed by atoms with van der Waals surface area (Å²) in [5.41, 5.74) is 2.27. The lowest BCUT2D eigenvalue weighted by Crippen LogP contribution is -1.76. The highest BCUT2D eigenvalue weighted by atomic mass is 28.3. The lowest BCUT2D eigenvalue weighted by Gasteiger charge is -1.96. The lowest BCUT2D eigenvalue weighted by atomic mass is 10.1. The van der Waals surface area contributed by atoms with Crippen molar-refractivity contribution >= 4 is 33.1 Å². The Kier molecular flexibility index (Phi) is 7.19. The highest BCUT2D eigenvalue weighted by molar-refractivity contribution is 6.15. The minimum Gasteiger partial charge on any atom is -0.458 e.